The Hall–Kier alpha value is -5.45. The van der Waals surface area contributed by atoms with Crippen molar-refractivity contribution >= 4 is 68.8 Å². The van der Waals surface area contributed by atoms with Gasteiger partial charge in [0.1, 0.15) is 0 Å². The van der Waals surface area contributed by atoms with Crippen LogP contribution in [0, 0.1) is 0 Å². The van der Waals surface area contributed by atoms with Gasteiger partial charge in [-0.05, 0) is 83.4 Å². The molecule has 0 aliphatic heterocycles. The fourth-order valence-electron chi connectivity index (χ4n) is 8.08. The molecule has 0 saturated carbocycles. The van der Waals surface area contributed by atoms with E-state index >= 15 is 0 Å². The monoisotopic (exact) mass is 738 g/mol. The summed E-state index contributed by atoms with van der Waals surface area (Å²) in [5, 5.41) is 45.6. The SMILES string of the molecule is OB(O)c1ccccc1CN(CCCCN(Cc1ccccc1B(O)O)Cc1c2ccccc2nc2ccccc12)Cc1c2ccccc2nc2ccccc12. The fraction of sp³-hybridized carbons (Fsp3) is 0.174. The average molecular weight is 739 g/mol. The van der Waals surface area contributed by atoms with Crippen LogP contribution in [0.5, 0.6) is 0 Å². The van der Waals surface area contributed by atoms with Gasteiger partial charge in [0, 0.05) is 47.7 Å². The van der Waals surface area contributed by atoms with Crippen LogP contribution in [0.3, 0.4) is 0 Å². The predicted molar refractivity (Wildman–Crippen MR) is 228 cm³/mol. The van der Waals surface area contributed by atoms with E-state index in [4.69, 9.17) is 9.97 Å². The van der Waals surface area contributed by atoms with Gasteiger partial charge in [0.25, 0.3) is 0 Å². The number of hydrogen-bond acceptors (Lipinski definition) is 8. The normalized spacial score (nSPS) is 11.8. The predicted octanol–water partition coefficient (Wildman–Crippen LogP) is 5.93. The van der Waals surface area contributed by atoms with E-state index in [0.29, 0.717) is 37.1 Å². The maximum atomic E-state index is 10.3. The van der Waals surface area contributed by atoms with E-state index in [1.807, 2.05) is 60.7 Å². The van der Waals surface area contributed by atoms with Gasteiger partial charge in [-0.25, -0.2) is 9.97 Å². The van der Waals surface area contributed by atoms with Gasteiger partial charge in [-0.15, -0.1) is 0 Å². The third-order valence-electron chi connectivity index (χ3n) is 10.8. The van der Waals surface area contributed by atoms with Gasteiger partial charge >= 0.3 is 14.2 Å². The third kappa shape index (κ3) is 8.22. The van der Waals surface area contributed by atoms with E-state index in [2.05, 4.69) is 82.6 Å². The lowest BCUT2D eigenvalue weighted by Gasteiger charge is -2.27. The summed E-state index contributed by atoms with van der Waals surface area (Å²) in [5.74, 6) is 0. The van der Waals surface area contributed by atoms with Crippen LogP contribution >= 0.6 is 0 Å². The van der Waals surface area contributed by atoms with Gasteiger partial charge in [0.2, 0.25) is 0 Å². The molecule has 0 unspecified atom stereocenters. The van der Waals surface area contributed by atoms with Gasteiger partial charge in [0.15, 0.2) is 0 Å². The van der Waals surface area contributed by atoms with Crippen molar-refractivity contribution in [1.29, 1.82) is 0 Å². The molecule has 0 aliphatic rings. The number of unbranched alkanes of at least 4 members (excludes halogenated alkanes) is 1. The highest BCUT2D eigenvalue weighted by Crippen LogP contribution is 2.30. The van der Waals surface area contributed by atoms with Crippen LogP contribution in [0.25, 0.3) is 43.6 Å². The fourth-order valence-corrected chi connectivity index (χ4v) is 8.08. The van der Waals surface area contributed by atoms with Crippen LogP contribution in [-0.4, -0.2) is 67.2 Å². The molecule has 2 aromatic heterocycles. The number of para-hydroxylation sites is 4. The Morgan fingerprint density at radius 3 is 1.02 bits per heavy atom. The Morgan fingerprint density at radius 1 is 0.375 bits per heavy atom. The lowest BCUT2D eigenvalue weighted by molar-refractivity contribution is 0.225. The smallest absolute Gasteiger partial charge is 0.423 e. The van der Waals surface area contributed by atoms with Crippen LogP contribution in [0.15, 0.2) is 146 Å². The minimum absolute atomic E-state index is 0.509. The first kappa shape index (κ1) is 37.5. The highest BCUT2D eigenvalue weighted by Gasteiger charge is 2.21. The van der Waals surface area contributed by atoms with Crippen LogP contribution in [0.1, 0.15) is 35.1 Å². The van der Waals surface area contributed by atoms with Crippen molar-refractivity contribution in [3.8, 4) is 0 Å². The molecular weight excluding hydrogens is 694 g/mol. The van der Waals surface area contributed by atoms with Gasteiger partial charge in [0.05, 0.1) is 22.1 Å². The largest absolute Gasteiger partial charge is 0.488 e. The van der Waals surface area contributed by atoms with Crippen molar-refractivity contribution in [1.82, 2.24) is 19.8 Å². The van der Waals surface area contributed by atoms with Crippen LogP contribution in [-0.2, 0) is 26.2 Å². The topological polar surface area (TPSA) is 113 Å². The number of aromatic nitrogens is 2. The van der Waals surface area contributed by atoms with Crippen molar-refractivity contribution in [3.63, 3.8) is 0 Å². The zero-order valence-corrected chi connectivity index (χ0v) is 31.2. The molecule has 56 heavy (non-hydrogen) atoms. The van der Waals surface area contributed by atoms with Gasteiger partial charge < -0.3 is 20.1 Å². The van der Waals surface area contributed by atoms with Crippen molar-refractivity contribution in [2.24, 2.45) is 0 Å². The number of rotatable bonds is 15. The molecule has 4 N–H and O–H groups in total. The molecule has 0 radical (unpaired) electrons. The summed E-state index contributed by atoms with van der Waals surface area (Å²) in [4.78, 5) is 14.7. The second kappa shape index (κ2) is 17.1. The van der Waals surface area contributed by atoms with Crippen LogP contribution < -0.4 is 10.9 Å². The molecule has 8 aromatic rings. The third-order valence-corrected chi connectivity index (χ3v) is 10.8. The maximum Gasteiger partial charge on any atom is 0.488 e. The molecule has 0 atom stereocenters. The standard InChI is InChI=1S/C46H44B2N4O4/c53-47(54)41-21-7-1-15-33(41)29-51(31-39-35-17-3-9-23-43(35)49-44-24-10-4-18-36(39)44)27-13-14-28-52(30-34-16-2-8-22-42(34)48(55)56)32-40-37-19-5-11-25-45(37)50-46-26-12-6-20-38(40)46/h1-12,15-26,53-56H,13-14,27-32H2. The molecule has 8 rings (SSSR count). The second-order valence-electron chi connectivity index (χ2n) is 14.5. The van der Waals surface area contributed by atoms with Gasteiger partial charge in [-0.2, -0.15) is 0 Å². The molecule has 0 spiro atoms. The Kier molecular flexibility index (Phi) is 11.5. The first-order valence-electron chi connectivity index (χ1n) is 19.3. The minimum atomic E-state index is -1.56. The summed E-state index contributed by atoms with van der Waals surface area (Å²) in [6.45, 7) is 3.92. The Bertz CT molecular complexity index is 2330. The lowest BCUT2D eigenvalue weighted by atomic mass is 9.77. The summed E-state index contributed by atoms with van der Waals surface area (Å²) in [6.07, 6.45) is 1.76. The van der Waals surface area contributed by atoms with E-state index in [1.54, 1.807) is 12.1 Å². The zero-order chi connectivity index (χ0) is 38.4. The lowest BCUT2D eigenvalue weighted by Crippen LogP contribution is -2.36. The molecule has 0 fully saturated rings. The van der Waals surface area contributed by atoms with E-state index in [9.17, 15) is 20.1 Å². The first-order chi connectivity index (χ1) is 27.4. The average Bonchev–Trinajstić information content (AvgIpc) is 3.22. The molecule has 0 aliphatic carbocycles. The Balaban J connectivity index is 1.10. The molecule has 0 saturated heterocycles. The molecule has 2 heterocycles. The highest BCUT2D eigenvalue weighted by atomic mass is 16.4. The molecular formula is C46H44B2N4O4. The number of nitrogens with zero attached hydrogens (tertiary/aromatic N) is 4. The van der Waals surface area contributed by atoms with E-state index < -0.39 is 14.2 Å². The van der Waals surface area contributed by atoms with Gasteiger partial charge in [-0.1, -0.05) is 121 Å². The van der Waals surface area contributed by atoms with Crippen LogP contribution in [0.2, 0.25) is 0 Å². The van der Waals surface area contributed by atoms with Crippen LogP contribution in [0.4, 0.5) is 0 Å². The molecule has 0 amide bonds. The molecule has 10 heteroatoms. The first-order valence-corrected chi connectivity index (χ1v) is 19.3. The van der Waals surface area contributed by atoms with Crippen molar-refractivity contribution in [2.45, 2.75) is 39.0 Å². The Morgan fingerprint density at radius 2 is 0.679 bits per heavy atom. The molecule has 278 valence electrons. The summed E-state index contributed by atoms with van der Waals surface area (Å²) in [7, 11) is -3.13. The van der Waals surface area contributed by atoms with E-state index in [0.717, 1.165) is 80.7 Å². The van der Waals surface area contributed by atoms with Crippen molar-refractivity contribution < 1.29 is 20.1 Å². The number of benzene rings is 6. The second-order valence-corrected chi connectivity index (χ2v) is 14.5. The summed E-state index contributed by atoms with van der Waals surface area (Å²) < 4.78 is 0. The van der Waals surface area contributed by atoms with E-state index in [1.165, 1.54) is 11.1 Å². The van der Waals surface area contributed by atoms with Crippen molar-refractivity contribution in [3.05, 3.63) is 168 Å². The molecule has 0 bridgehead atoms. The highest BCUT2D eigenvalue weighted by molar-refractivity contribution is 6.59. The van der Waals surface area contributed by atoms with E-state index in [-0.39, 0.29) is 0 Å². The van der Waals surface area contributed by atoms with Gasteiger partial charge in [-0.3, -0.25) is 9.80 Å². The maximum absolute atomic E-state index is 10.3. The molecule has 8 nitrogen and oxygen atoms in total. The summed E-state index contributed by atoms with van der Waals surface area (Å²) in [6, 6.07) is 48.2. The number of pyridine rings is 2. The minimum Gasteiger partial charge on any atom is -0.423 e. The molecule has 6 aromatic carbocycles. The number of hydrogen-bond donors (Lipinski definition) is 4. The zero-order valence-electron chi connectivity index (χ0n) is 31.2. The Labute approximate surface area is 327 Å². The summed E-state index contributed by atoms with van der Waals surface area (Å²) in [5.41, 5.74) is 8.98. The number of fused-ring (bicyclic) bond motifs is 4. The van der Waals surface area contributed by atoms with Crippen molar-refractivity contribution in [2.75, 3.05) is 13.1 Å². The summed E-state index contributed by atoms with van der Waals surface area (Å²) >= 11 is 0. The quantitative estimate of drug-likeness (QED) is 0.0582.